The van der Waals surface area contributed by atoms with Crippen LogP contribution in [0.4, 0.5) is 0 Å². The first kappa shape index (κ1) is 19.2. The molecule has 0 bridgehead atoms. The van der Waals surface area contributed by atoms with Gasteiger partial charge in [0.05, 0.1) is 23.3 Å². The molecule has 6 nitrogen and oxygen atoms in total. The van der Waals surface area contributed by atoms with Gasteiger partial charge in [-0.3, -0.25) is 0 Å². The van der Waals surface area contributed by atoms with Crippen molar-refractivity contribution in [3.8, 4) is 0 Å². The number of hydrogen-bond acceptors (Lipinski definition) is 5. The SMILES string of the molecule is COC(=O)c1cc(S(=O)(=O)NCCC2=CC=C(O)CC2)cc(C)c1C. The van der Waals surface area contributed by atoms with E-state index in [2.05, 4.69) is 4.72 Å². The number of rotatable bonds is 6. The van der Waals surface area contributed by atoms with Gasteiger partial charge in [0.2, 0.25) is 10.0 Å². The molecule has 1 aromatic rings. The van der Waals surface area contributed by atoms with Gasteiger partial charge in [-0.2, -0.15) is 0 Å². The summed E-state index contributed by atoms with van der Waals surface area (Å²) in [6, 6.07) is 2.89. The van der Waals surface area contributed by atoms with E-state index in [9.17, 15) is 18.3 Å². The van der Waals surface area contributed by atoms with E-state index in [1.54, 1.807) is 26.0 Å². The Labute approximate surface area is 148 Å². The molecule has 7 heteroatoms. The van der Waals surface area contributed by atoms with E-state index >= 15 is 0 Å². The number of hydrogen-bond donors (Lipinski definition) is 2. The van der Waals surface area contributed by atoms with E-state index in [1.807, 2.05) is 6.08 Å². The highest BCUT2D eigenvalue weighted by Gasteiger charge is 2.20. The Bertz CT molecular complexity index is 837. The van der Waals surface area contributed by atoms with Gasteiger partial charge in [-0.15, -0.1) is 0 Å². The number of aliphatic hydroxyl groups excluding tert-OH is 1. The van der Waals surface area contributed by atoms with Crippen molar-refractivity contribution in [2.45, 2.75) is 38.0 Å². The molecule has 2 rings (SSSR count). The minimum Gasteiger partial charge on any atom is -0.512 e. The number of nitrogens with one attached hydrogen (secondary N) is 1. The van der Waals surface area contributed by atoms with Crippen molar-refractivity contribution in [3.05, 3.63) is 52.3 Å². The van der Waals surface area contributed by atoms with Crippen LogP contribution < -0.4 is 4.72 Å². The molecule has 0 aromatic heterocycles. The van der Waals surface area contributed by atoms with Crippen molar-refractivity contribution in [1.29, 1.82) is 0 Å². The van der Waals surface area contributed by atoms with Gasteiger partial charge in [0.15, 0.2) is 0 Å². The minimum atomic E-state index is -3.73. The van der Waals surface area contributed by atoms with Gasteiger partial charge in [-0.25, -0.2) is 17.9 Å². The van der Waals surface area contributed by atoms with Gasteiger partial charge < -0.3 is 9.84 Å². The number of ether oxygens (including phenoxy) is 1. The second kappa shape index (κ2) is 7.84. The maximum absolute atomic E-state index is 12.5. The number of sulfonamides is 1. The quantitative estimate of drug-likeness (QED) is 0.756. The monoisotopic (exact) mass is 365 g/mol. The van der Waals surface area contributed by atoms with Crippen molar-refractivity contribution in [1.82, 2.24) is 4.72 Å². The van der Waals surface area contributed by atoms with Crippen molar-refractivity contribution in [3.63, 3.8) is 0 Å². The lowest BCUT2D eigenvalue weighted by molar-refractivity contribution is 0.0599. The lowest BCUT2D eigenvalue weighted by Gasteiger charge is -2.14. The maximum Gasteiger partial charge on any atom is 0.338 e. The van der Waals surface area contributed by atoms with Crippen LogP contribution in [0.5, 0.6) is 0 Å². The van der Waals surface area contributed by atoms with Crippen LogP contribution in [0.2, 0.25) is 0 Å². The van der Waals surface area contributed by atoms with E-state index < -0.39 is 16.0 Å². The molecule has 0 unspecified atom stereocenters. The topological polar surface area (TPSA) is 92.7 Å². The van der Waals surface area contributed by atoms with Gasteiger partial charge in [-0.05, 0) is 56.0 Å². The number of aryl methyl sites for hydroxylation is 1. The molecule has 1 aromatic carbocycles. The number of methoxy groups -OCH3 is 1. The second-order valence-electron chi connectivity index (χ2n) is 6.04. The van der Waals surface area contributed by atoms with Crippen molar-refractivity contribution >= 4 is 16.0 Å². The second-order valence-corrected chi connectivity index (χ2v) is 7.80. The summed E-state index contributed by atoms with van der Waals surface area (Å²) in [7, 11) is -2.46. The summed E-state index contributed by atoms with van der Waals surface area (Å²) in [5.41, 5.74) is 2.73. The van der Waals surface area contributed by atoms with E-state index in [0.717, 1.165) is 12.0 Å². The van der Waals surface area contributed by atoms with Crippen molar-refractivity contribution < 1.29 is 23.1 Å². The molecule has 0 fully saturated rings. The molecule has 1 aliphatic carbocycles. The molecule has 1 aliphatic rings. The van der Waals surface area contributed by atoms with Gasteiger partial charge in [0.25, 0.3) is 0 Å². The predicted octanol–water partition coefficient (Wildman–Crippen LogP) is 2.92. The molecule has 0 saturated carbocycles. The van der Waals surface area contributed by atoms with E-state index in [-0.39, 0.29) is 17.0 Å². The Morgan fingerprint density at radius 3 is 2.56 bits per heavy atom. The average Bonchev–Trinajstić information content (AvgIpc) is 2.58. The Balaban J connectivity index is 2.14. The molecule has 136 valence electrons. The molecule has 0 aliphatic heterocycles. The summed E-state index contributed by atoms with van der Waals surface area (Å²) in [4.78, 5) is 11.9. The average molecular weight is 365 g/mol. The molecule has 0 atom stereocenters. The molecular formula is C18H23NO5S. The first-order chi connectivity index (χ1) is 11.7. The highest BCUT2D eigenvalue weighted by molar-refractivity contribution is 7.89. The molecule has 0 amide bonds. The van der Waals surface area contributed by atoms with E-state index in [4.69, 9.17) is 4.74 Å². The molecule has 0 spiro atoms. The highest BCUT2D eigenvalue weighted by atomic mass is 32.2. The standard InChI is InChI=1S/C18H23NO5S/c1-12-10-16(11-17(13(12)2)18(21)24-3)25(22,23)19-9-8-14-4-6-15(20)7-5-14/h4,6,10-11,19-20H,5,7-9H2,1-3H3. The maximum atomic E-state index is 12.5. The lowest BCUT2D eigenvalue weighted by atomic mass is 10.0. The first-order valence-electron chi connectivity index (χ1n) is 8.01. The predicted molar refractivity (Wildman–Crippen MR) is 95.1 cm³/mol. The van der Waals surface area contributed by atoms with Crippen LogP contribution in [0.15, 0.2) is 40.5 Å². The van der Waals surface area contributed by atoms with Crippen LogP contribution in [-0.2, 0) is 14.8 Å². The fourth-order valence-corrected chi connectivity index (χ4v) is 3.75. The molecule has 0 heterocycles. The van der Waals surface area contributed by atoms with Crippen LogP contribution in [-0.4, -0.2) is 33.1 Å². The van der Waals surface area contributed by atoms with Gasteiger partial charge in [0.1, 0.15) is 0 Å². The Morgan fingerprint density at radius 2 is 1.96 bits per heavy atom. The van der Waals surface area contributed by atoms with Crippen LogP contribution in [0.1, 0.15) is 40.7 Å². The summed E-state index contributed by atoms with van der Waals surface area (Å²) in [5.74, 6) is -0.216. The summed E-state index contributed by atoms with van der Waals surface area (Å²) in [5, 5.41) is 9.34. The zero-order valence-corrected chi connectivity index (χ0v) is 15.4. The zero-order chi connectivity index (χ0) is 18.6. The zero-order valence-electron chi connectivity index (χ0n) is 14.6. The largest absolute Gasteiger partial charge is 0.512 e. The fourth-order valence-electron chi connectivity index (χ4n) is 2.61. The Hall–Kier alpha value is -2.12. The number of carbonyl (C=O) groups is 1. The fraction of sp³-hybridized carbons (Fsp3) is 0.389. The third kappa shape index (κ3) is 4.70. The normalized spacial score (nSPS) is 14.7. The molecule has 0 saturated heterocycles. The van der Waals surface area contributed by atoms with Crippen LogP contribution in [0.25, 0.3) is 0 Å². The van der Waals surface area contributed by atoms with E-state index in [1.165, 1.54) is 13.2 Å². The lowest BCUT2D eigenvalue weighted by Crippen LogP contribution is -2.26. The highest BCUT2D eigenvalue weighted by Crippen LogP contribution is 2.22. The third-order valence-corrected chi connectivity index (χ3v) is 5.75. The van der Waals surface area contributed by atoms with Crippen LogP contribution >= 0.6 is 0 Å². The summed E-state index contributed by atoms with van der Waals surface area (Å²) < 4.78 is 32.3. The van der Waals surface area contributed by atoms with Crippen LogP contribution in [0.3, 0.4) is 0 Å². The summed E-state index contributed by atoms with van der Waals surface area (Å²) in [6.07, 6.45) is 5.33. The van der Waals surface area contributed by atoms with Crippen molar-refractivity contribution in [2.75, 3.05) is 13.7 Å². The summed E-state index contributed by atoms with van der Waals surface area (Å²) in [6.45, 7) is 3.76. The molecular weight excluding hydrogens is 342 g/mol. The molecule has 25 heavy (non-hydrogen) atoms. The van der Waals surface area contributed by atoms with Crippen LogP contribution in [0, 0.1) is 13.8 Å². The van der Waals surface area contributed by atoms with Gasteiger partial charge >= 0.3 is 5.97 Å². The molecule has 2 N–H and O–H groups in total. The third-order valence-electron chi connectivity index (χ3n) is 4.31. The number of allylic oxidation sites excluding steroid dienone is 3. The number of esters is 1. The Kier molecular flexibility index (Phi) is 6.02. The minimum absolute atomic E-state index is 0.0474. The van der Waals surface area contributed by atoms with Crippen molar-refractivity contribution in [2.24, 2.45) is 0 Å². The summed E-state index contributed by atoms with van der Waals surface area (Å²) >= 11 is 0. The number of benzene rings is 1. The van der Waals surface area contributed by atoms with Gasteiger partial charge in [-0.1, -0.05) is 11.6 Å². The molecule has 0 radical (unpaired) electrons. The number of carbonyl (C=O) groups excluding carboxylic acids is 1. The smallest absolute Gasteiger partial charge is 0.338 e. The van der Waals surface area contributed by atoms with E-state index in [0.29, 0.717) is 29.7 Å². The first-order valence-corrected chi connectivity index (χ1v) is 9.49. The Morgan fingerprint density at radius 1 is 1.24 bits per heavy atom. The number of aliphatic hydroxyl groups is 1. The van der Waals surface area contributed by atoms with Gasteiger partial charge in [0, 0.05) is 13.0 Å².